The molecule has 0 saturated heterocycles. The van der Waals surface area contributed by atoms with Gasteiger partial charge >= 0.3 is 6.03 Å². The number of rotatable bonds is 9. The Balaban J connectivity index is 1.70. The molecule has 1 atom stereocenters. The van der Waals surface area contributed by atoms with Crippen molar-refractivity contribution in [2.45, 2.75) is 11.1 Å². The van der Waals surface area contributed by atoms with Gasteiger partial charge in [0.05, 0.1) is 21.8 Å². The molecule has 0 aliphatic carbocycles. The number of pyridine rings is 1. The van der Waals surface area contributed by atoms with Gasteiger partial charge in [-0.15, -0.1) is 11.3 Å². The molecule has 178 valence electrons. The number of nitrogens with zero attached hydrogens (tertiary/aromatic N) is 2. The molecular weight excluding hydrogens is 500 g/mol. The molecule has 34 heavy (non-hydrogen) atoms. The van der Waals surface area contributed by atoms with Crippen molar-refractivity contribution in [3.8, 4) is 0 Å². The molecular formula is C21H21ClN6O4S2. The van der Waals surface area contributed by atoms with Gasteiger partial charge in [-0.3, -0.25) is 14.3 Å². The number of anilines is 4. The normalized spacial score (nSPS) is 11.3. The van der Waals surface area contributed by atoms with Crippen LogP contribution in [0.3, 0.4) is 0 Å². The predicted molar refractivity (Wildman–Crippen MR) is 135 cm³/mol. The van der Waals surface area contributed by atoms with Gasteiger partial charge in [0.15, 0.2) is 11.0 Å². The Morgan fingerprint density at radius 2 is 1.94 bits per heavy atom. The second kappa shape index (κ2) is 11.6. The number of imide groups is 1. The minimum Gasteiger partial charge on any atom is -0.387 e. The van der Waals surface area contributed by atoms with Crippen molar-refractivity contribution in [1.82, 2.24) is 9.71 Å². The molecule has 0 spiro atoms. The van der Waals surface area contributed by atoms with E-state index in [2.05, 4.69) is 25.7 Å². The SMILES string of the molecule is CCNc1ccc(C(=O)N(C=O)c2ccc(NC(=O)NS(=O)c3ccc(Cl)s3)cn2)c(NC)c1. The molecule has 2 aromatic heterocycles. The summed E-state index contributed by atoms with van der Waals surface area (Å²) in [5.74, 6) is -0.501. The van der Waals surface area contributed by atoms with Crippen LogP contribution in [-0.4, -0.2) is 41.1 Å². The number of aromatic nitrogens is 1. The van der Waals surface area contributed by atoms with Crippen LogP contribution < -0.4 is 25.6 Å². The van der Waals surface area contributed by atoms with Crippen LogP contribution in [0.5, 0.6) is 0 Å². The number of amides is 4. The van der Waals surface area contributed by atoms with E-state index in [4.69, 9.17) is 11.6 Å². The summed E-state index contributed by atoms with van der Waals surface area (Å²) in [4.78, 5) is 41.8. The Bertz CT molecular complexity index is 1220. The fraction of sp³-hybridized carbons (Fsp3) is 0.143. The van der Waals surface area contributed by atoms with Crippen LogP contribution in [0.4, 0.5) is 27.7 Å². The maximum atomic E-state index is 13.0. The number of nitrogens with one attached hydrogen (secondary N) is 4. The van der Waals surface area contributed by atoms with Gasteiger partial charge in [-0.1, -0.05) is 11.6 Å². The van der Waals surface area contributed by atoms with Crippen LogP contribution in [0.25, 0.3) is 0 Å². The Morgan fingerprint density at radius 3 is 2.53 bits per heavy atom. The number of hydrogen-bond donors (Lipinski definition) is 4. The Kier molecular flexibility index (Phi) is 8.57. The van der Waals surface area contributed by atoms with Gasteiger partial charge in [0.1, 0.15) is 10.0 Å². The Labute approximate surface area is 207 Å². The fourth-order valence-corrected chi connectivity index (χ4v) is 5.00. The molecule has 1 aromatic carbocycles. The molecule has 0 aliphatic heterocycles. The maximum Gasteiger partial charge on any atom is 0.331 e. The van der Waals surface area contributed by atoms with Gasteiger partial charge in [-0.25, -0.2) is 18.9 Å². The monoisotopic (exact) mass is 520 g/mol. The van der Waals surface area contributed by atoms with E-state index in [1.54, 1.807) is 37.4 Å². The zero-order chi connectivity index (χ0) is 24.7. The van der Waals surface area contributed by atoms with Crippen LogP contribution in [0, 0.1) is 0 Å². The molecule has 4 N–H and O–H groups in total. The van der Waals surface area contributed by atoms with E-state index in [1.165, 1.54) is 18.3 Å². The zero-order valence-electron chi connectivity index (χ0n) is 18.1. The van der Waals surface area contributed by atoms with E-state index in [0.717, 1.165) is 28.5 Å². The molecule has 0 saturated carbocycles. The molecule has 3 rings (SSSR count). The summed E-state index contributed by atoms with van der Waals surface area (Å²) in [6.45, 7) is 2.68. The average molecular weight is 521 g/mol. The van der Waals surface area contributed by atoms with E-state index in [9.17, 15) is 18.6 Å². The standard InChI is InChI=1S/C21H21ClN6O4S2/c1-3-24-13-4-6-15(16(10-13)23-2)20(30)28(12-29)18-8-5-14(11-25-18)26-21(31)27-34(32)19-9-7-17(22)33-19/h4-12,23-24H,3H2,1-2H3,(H2,26,27,31). The van der Waals surface area contributed by atoms with E-state index in [0.29, 0.717) is 20.6 Å². The van der Waals surface area contributed by atoms with Crippen molar-refractivity contribution in [3.05, 3.63) is 58.6 Å². The quantitative estimate of drug-likeness (QED) is 0.314. The van der Waals surface area contributed by atoms with Gasteiger partial charge < -0.3 is 16.0 Å². The maximum absolute atomic E-state index is 13.0. The van der Waals surface area contributed by atoms with Crippen LogP contribution in [0.1, 0.15) is 17.3 Å². The van der Waals surface area contributed by atoms with E-state index in [-0.39, 0.29) is 17.1 Å². The third kappa shape index (κ3) is 6.10. The van der Waals surface area contributed by atoms with Crippen LogP contribution in [0.15, 0.2) is 52.9 Å². The number of benzene rings is 1. The lowest BCUT2D eigenvalue weighted by Crippen LogP contribution is -2.31. The first-order chi connectivity index (χ1) is 16.4. The lowest BCUT2D eigenvalue weighted by atomic mass is 10.1. The molecule has 0 radical (unpaired) electrons. The molecule has 2 heterocycles. The third-order valence-electron chi connectivity index (χ3n) is 4.39. The molecule has 10 nitrogen and oxygen atoms in total. The first-order valence-corrected chi connectivity index (χ1v) is 12.3. The highest BCUT2D eigenvalue weighted by Crippen LogP contribution is 2.25. The summed E-state index contributed by atoms with van der Waals surface area (Å²) in [6, 6.07) is 10.4. The van der Waals surface area contributed by atoms with Gasteiger partial charge in [0, 0.05) is 25.0 Å². The van der Waals surface area contributed by atoms with Gasteiger partial charge in [-0.2, -0.15) is 0 Å². The van der Waals surface area contributed by atoms with E-state index < -0.39 is 22.9 Å². The highest BCUT2D eigenvalue weighted by atomic mass is 35.5. The summed E-state index contributed by atoms with van der Waals surface area (Å²) in [7, 11) is -0.0939. The smallest absolute Gasteiger partial charge is 0.331 e. The summed E-state index contributed by atoms with van der Waals surface area (Å²) < 4.78 is 15.3. The first-order valence-electron chi connectivity index (χ1n) is 9.91. The highest BCUT2D eigenvalue weighted by Gasteiger charge is 2.21. The van der Waals surface area contributed by atoms with Crippen molar-refractivity contribution < 1.29 is 18.6 Å². The number of carbonyl (C=O) groups excluding carboxylic acids is 3. The number of halogens is 1. The topological polar surface area (TPSA) is 133 Å². The number of hydrogen-bond acceptors (Lipinski definition) is 8. The first kappa shape index (κ1) is 25.1. The molecule has 0 bridgehead atoms. The number of thiophene rings is 1. The van der Waals surface area contributed by atoms with Gasteiger partial charge in [0.25, 0.3) is 5.91 Å². The highest BCUT2D eigenvalue weighted by molar-refractivity contribution is 7.86. The summed E-state index contributed by atoms with van der Waals surface area (Å²) in [6.07, 6.45) is 1.65. The van der Waals surface area contributed by atoms with Crippen molar-refractivity contribution in [3.63, 3.8) is 0 Å². The third-order valence-corrected chi connectivity index (χ3v) is 7.00. The largest absolute Gasteiger partial charge is 0.387 e. The number of urea groups is 1. The predicted octanol–water partition coefficient (Wildman–Crippen LogP) is 3.92. The molecule has 4 amide bonds. The van der Waals surface area contributed by atoms with Crippen LogP contribution in [-0.2, 0) is 15.8 Å². The van der Waals surface area contributed by atoms with Crippen molar-refractivity contribution >= 4 is 75.2 Å². The number of carbonyl (C=O) groups is 3. The molecule has 13 heteroatoms. The minimum atomic E-state index is -1.77. The van der Waals surface area contributed by atoms with Gasteiger partial charge in [-0.05, 0) is 49.4 Å². The lowest BCUT2D eigenvalue weighted by Gasteiger charge is -2.18. The summed E-state index contributed by atoms with van der Waals surface area (Å²) >= 11 is 6.90. The average Bonchev–Trinajstić information content (AvgIpc) is 3.27. The molecule has 0 fully saturated rings. The zero-order valence-corrected chi connectivity index (χ0v) is 20.5. The van der Waals surface area contributed by atoms with Crippen LogP contribution in [0.2, 0.25) is 4.34 Å². The summed E-state index contributed by atoms with van der Waals surface area (Å²) in [5.41, 5.74) is 1.93. The fourth-order valence-electron chi connectivity index (χ4n) is 2.88. The minimum absolute atomic E-state index is 0.0700. The van der Waals surface area contributed by atoms with E-state index in [1.807, 2.05) is 6.92 Å². The van der Waals surface area contributed by atoms with Crippen molar-refractivity contribution in [2.24, 2.45) is 0 Å². The lowest BCUT2D eigenvalue weighted by molar-refractivity contribution is -0.107. The van der Waals surface area contributed by atoms with Crippen molar-refractivity contribution in [1.29, 1.82) is 0 Å². The summed E-state index contributed by atoms with van der Waals surface area (Å²) in [5, 5.41) is 8.60. The second-order valence-corrected chi connectivity index (χ2v) is 9.76. The molecule has 1 unspecified atom stereocenters. The Hall–Kier alpha value is -3.48. The Morgan fingerprint density at radius 1 is 1.18 bits per heavy atom. The van der Waals surface area contributed by atoms with Gasteiger partial charge in [0.2, 0.25) is 6.41 Å². The molecule has 0 aliphatic rings. The van der Waals surface area contributed by atoms with Crippen LogP contribution >= 0.6 is 22.9 Å². The molecule has 3 aromatic rings. The second-order valence-electron chi connectivity index (χ2n) is 6.61. The van der Waals surface area contributed by atoms with E-state index >= 15 is 0 Å². The van der Waals surface area contributed by atoms with Crippen molar-refractivity contribution in [2.75, 3.05) is 34.4 Å².